The van der Waals surface area contributed by atoms with Crippen LogP contribution in [0.25, 0.3) is 0 Å². The van der Waals surface area contributed by atoms with E-state index in [-0.39, 0.29) is 34.7 Å². The third-order valence-electron chi connectivity index (χ3n) is 3.11. The SMILES string of the molecule is O=C(O)c1ccccc1C(=O)NC1=C(Cl)C=C([N+](=O)[O-])CC1. The van der Waals surface area contributed by atoms with Crippen molar-refractivity contribution in [3.8, 4) is 0 Å². The number of benzene rings is 1. The minimum absolute atomic E-state index is 0.00369. The predicted octanol–water partition coefficient (Wildman–Crippen LogP) is 2.52. The van der Waals surface area contributed by atoms with E-state index in [1.165, 1.54) is 24.3 Å². The molecule has 0 saturated heterocycles. The number of nitrogens with one attached hydrogen (secondary N) is 1. The molecule has 0 saturated carbocycles. The first kappa shape index (κ1) is 15.7. The second-order valence-corrected chi connectivity index (χ2v) is 4.93. The Hall–Kier alpha value is -2.67. The Morgan fingerprint density at radius 3 is 2.41 bits per heavy atom. The first-order chi connectivity index (χ1) is 10.4. The number of rotatable bonds is 4. The average Bonchev–Trinajstić information content (AvgIpc) is 2.48. The summed E-state index contributed by atoms with van der Waals surface area (Å²) in [7, 11) is 0. The lowest BCUT2D eigenvalue weighted by atomic mass is 10.0. The number of nitrogens with zero attached hydrogens (tertiary/aromatic N) is 1. The molecule has 0 aromatic heterocycles. The van der Waals surface area contributed by atoms with Gasteiger partial charge in [0.1, 0.15) is 0 Å². The maximum atomic E-state index is 12.2. The number of hydrogen-bond acceptors (Lipinski definition) is 4. The Morgan fingerprint density at radius 2 is 1.86 bits per heavy atom. The zero-order valence-electron chi connectivity index (χ0n) is 11.2. The largest absolute Gasteiger partial charge is 0.478 e. The van der Waals surface area contributed by atoms with E-state index >= 15 is 0 Å². The van der Waals surface area contributed by atoms with E-state index in [0.717, 1.165) is 0 Å². The molecule has 1 aliphatic rings. The fraction of sp³-hybridized carbons (Fsp3) is 0.143. The van der Waals surface area contributed by atoms with Gasteiger partial charge >= 0.3 is 5.97 Å². The minimum atomic E-state index is -1.22. The highest BCUT2D eigenvalue weighted by Crippen LogP contribution is 2.25. The number of carbonyl (C=O) groups excluding carboxylic acids is 1. The van der Waals surface area contributed by atoms with Crippen LogP contribution in [-0.2, 0) is 0 Å². The van der Waals surface area contributed by atoms with Crippen LogP contribution in [0.4, 0.5) is 0 Å². The summed E-state index contributed by atoms with van der Waals surface area (Å²) in [5.41, 5.74) is 0.163. The van der Waals surface area contributed by atoms with Gasteiger partial charge in [-0.25, -0.2) is 4.79 Å². The molecular weight excluding hydrogens is 312 g/mol. The van der Waals surface area contributed by atoms with Crippen molar-refractivity contribution in [2.24, 2.45) is 0 Å². The summed E-state index contributed by atoms with van der Waals surface area (Å²) in [4.78, 5) is 33.4. The first-order valence-electron chi connectivity index (χ1n) is 6.27. The van der Waals surface area contributed by atoms with Crippen molar-refractivity contribution in [2.75, 3.05) is 0 Å². The molecule has 1 amide bonds. The molecule has 22 heavy (non-hydrogen) atoms. The Bertz CT molecular complexity index is 724. The summed E-state index contributed by atoms with van der Waals surface area (Å²) < 4.78 is 0. The number of hydrogen-bond donors (Lipinski definition) is 2. The lowest BCUT2D eigenvalue weighted by Gasteiger charge is -2.15. The van der Waals surface area contributed by atoms with Gasteiger partial charge < -0.3 is 10.4 Å². The van der Waals surface area contributed by atoms with Crippen LogP contribution < -0.4 is 5.32 Å². The van der Waals surface area contributed by atoms with Crippen molar-refractivity contribution in [3.63, 3.8) is 0 Å². The van der Waals surface area contributed by atoms with Crippen LogP contribution in [0.2, 0.25) is 0 Å². The van der Waals surface area contributed by atoms with Gasteiger partial charge in [0, 0.05) is 18.2 Å². The van der Waals surface area contributed by atoms with E-state index in [0.29, 0.717) is 5.70 Å². The summed E-state index contributed by atoms with van der Waals surface area (Å²) in [5.74, 6) is -1.84. The van der Waals surface area contributed by atoms with Gasteiger partial charge in [0.05, 0.1) is 21.1 Å². The monoisotopic (exact) mass is 322 g/mol. The standard InChI is InChI=1S/C14H11ClN2O5/c15-11-7-8(17(21)22)5-6-12(11)16-13(18)9-3-1-2-4-10(9)14(19)20/h1-4,7H,5-6H2,(H,16,18)(H,19,20). The van der Waals surface area contributed by atoms with E-state index < -0.39 is 16.8 Å². The number of carboxylic acids is 1. The van der Waals surface area contributed by atoms with Crippen molar-refractivity contribution < 1.29 is 19.6 Å². The fourth-order valence-corrected chi connectivity index (χ4v) is 2.28. The molecule has 0 unspecified atom stereocenters. The van der Waals surface area contributed by atoms with Crippen LogP contribution >= 0.6 is 11.6 Å². The number of halogens is 1. The molecule has 1 aliphatic carbocycles. The summed E-state index contributed by atoms with van der Waals surface area (Å²) in [6.07, 6.45) is 1.52. The van der Waals surface area contributed by atoms with Crippen LogP contribution in [0, 0.1) is 10.1 Å². The maximum Gasteiger partial charge on any atom is 0.336 e. The number of nitro groups is 1. The first-order valence-corrected chi connectivity index (χ1v) is 6.65. The molecule has 8 heteroatoms. The summed E-state index contributed by atoms with van der Waals surface area (Å²) in [6.45, 7) is 0. The van der Waals surface area contributed by atoms with Gasteiger partial charge in [-0.2, -0.15) is 0 Å². The quantitative estimate of drug-likeness (QED) is 0.653. The molecule has 7 nitrogen and oxygen atoms in total. The topological polar surface area (TPSA) is 110 Å². The number of carbonyl (C=O) groups is 2. The average molecular weight is 323 g/mol. The molecule has 0 radical (unpaired) electrons. The lowest BCUT2D eigenvalue weighted by molar-refractivity contribution is -0.428. The molecule has 114 valence electrons. The maximum absolute atomic E-state index is 12.2. The molecule has 2 N–H and O–H groups in total. The highest BCUT2D eigenvalue weighted by Gasteiger charge is 2.22. The zero-order valence-corrected chi connectivity index (χ0v) is 12.0. The molecule has 0 spiro atoms. The highest BCUT2D eigenvalue weighted by atomic mass is 35.5. The lowest BCUT2D eigenvalue weighted by Crippen LogP contribution is -2.26. The normalized spacial score (nSPS) is 14.3. The van der Waals surface area contributed by atoms with Gasteiger partial charge in [-0.1, -0.05) is 23.7 Å². The van der Waals surface area contributed by atoms with Crippen LogP contribution in [-0.4, -0.2) is 21.9 Å². The molecule has 0 bridgehead atoms. The third kappa shape index (κ3) is 3.32. The number of carboxylic acid groups (broad SMARTS) is 1. The van der Waals surface area contributed by atoms with Gasteiger partial charge in [0.25, 0.3) is 5.91 Å². The van der Waals surface area contributed by atoms with Gasteiger partial charge in [-0.05, 0) is 18.6 Å². The fourth-order valence-electron chi connectivity index (χ4n) is 2.02. The zero-order chi connectivity index (χ0) is 16.3. The minimum Gasteiger partial charge on any atom is -0.478 e. The van der Waals surface area contributed by atoms with Crippen molar-refractivity contribution in [2.45, 2.75) is 12.8 Å². The molecule has 2 rings (SSSR count). The van der Waals surface area contributed by atoms with Crippen molar-refractivity contribution in [3.05, 3.63) is 68.0 Å². The van der Waals surface area contributed by atoms with Crippen LogP contribution in [0.5, 0.6) is 0 Å². The number of amides is 1. The summed E-state index contributed by atoms with van der Waals surface area (Å²) in [6, 6.07) is 5.76. The Morgan fingerprint density at radius 1 is 1.23 bits per heavy atom. The summed E-state index contributed by atoms with van der Waals surface area (Å²) in [5, 5.41) is 22.3. The second kappa shape index (κ2) is 6.40. The Labute approximate surface area is 130 Å². The Kier molecular flexibility index (Phi) is 4.57. The highest BCUT2D eigenvalue weighted by molar-refractivity contribution is 6.31. The number of allylic oxidation sites excluding steroid dienone is 4. The number of aromatic carboxylic acids is 1. The molecule has 1 aromatic carbocycles. The molecule has 0 atom stereocenters. The molecule has 0 fully saturated rings. The molecule has 0 aliphatic heterocycles. The van der Waals surface area contributed by atoms with Crippen molar-refractivity contribution in [1.82, 2.24) is 5.32 Å². The molecule has 1 aromatic rings. The van der Waals surface area contributed by atoms with E-state index in [2.05, 4.69) is 5.32 Å². The van der Waals surface area contributed by atoms with E-state index in [1.807, 2.05) is 0 Å². The van der Waals surface area contributed by atoms with E-state index in [1.54, 1.807) is 6.07 Å². The van der Waals surface area contributed by atoms with E-state index in [9.17, 15) is 19.7 Å². The Balaban J connectivity index is 2.25. The van der Waals surface area contributed by atoms with Gasteiger partial charge in [0.15, 0.2) is 0 Å². The van der Waals surface area contributed by atoms with Gasteiger partial charge in [-0.15, -0.1) is 0 Å². The smallest absolute Gasteiger partial charge is 0.336 e. The van der Waals surface area contributed by atoms with Crippen molar-refractivity contribution in [1.29, 1.82) is 0 Å². The van der Waals surface area contributed by atoms with Gasteiger partial charge in [0.2, 0.25) is 5.70 Å². The van der Waals surface area contributed by atoms with Crippen LogP contribution in [0.1, 0.15) is 33.6 Å². The second-order valence-electron chi connectivity index (χ2n) is 4.52. The third-order valence-corrected chi connectivity index (χ3v) is 3.45. The summed E-state index contributed by atoms with van der Waals surface area (Å²) >= 11 is 5.92. The molecular formula is C14H11ClN2O5. The predicted molar refractivity (Wildman–Crippen MR) is 78.1 cm³/mol. The van der Waals surface area contributed by atoms with Crippen LogP contribution in [0.3, 0.4) is 0 Å². The molecule has 0 heterocycles. The van der Waals surface area contributed by atoms with Gasteiger partial charge in [-0.3, -0.25) is 14.9 Å². The van der Waals surface area contributed by atoms with Crippen LogP contribution in [0.15, 0.2) is 46.8 Å². The van der Waals surface area contributed by atoms with Crippen molar-refractivity contribution >= 4 is 23.5 Å². The van der Waals surface area contributed by atoms with E-state index in [4.69, 9.17) is 16.7 Å².